The number of Topliss-reactive ketones (excluding diaryl/α,β-unsaturated/α-hetero) is 1. The van der Waals surface area contributed by atoms with Crippen molar-refractivity contribution in [2.24, 2.45) is 0 Å². The zero-order valence-electron chi connectivity index (χ0n) is 8.52. The number of aromatic nitrogens is 1. The monoisotopic (exact) mass is 251 g/mol. The molecule has 0 amide bonds. The summed E-state index contributed by atoms with van der Waals surface area (Å²) in [6, 6.07) is 3.75. The van der Waals surface area contributed by atoms with E-state index in [1.54, 1.807) is 29.8 Å². The Labute approximate surface area is 103 Å². The third-order valence-electron chi connectivity index (χ3n) is 2.23. The molecule has 0 fully saturated rings. The second kappa shape index (κ2) is 5.23. The lowest BCUT2D eigenvalue weighted by Crippen LogP contribution is -2.06. The van der Waals surface area contributed by atoms with Gasteiger partial charge in [0.1, 0.15) is 5.78 Å². The molecule has 0 N–H and O–H groups in total. The zero-order valence-corrected chi connectivity index (χ0v) is 10.1. The Bertz CT molecular complexity index is 482. The van der Waals surface area contributed by atoms with Crippen molar-refractivity contribution < 1.29 is 4.79 Å². The van der Waals surface area contributed by atoms with E-state index in [-0.39, 0.29) is 5.78 Å². The van der Waals surface area contributed by atoms with Crippen LogP contribution in [-0.2, 0) is 17.6 Å². The van der Waals surface area contributed by atoms with Gasteiger partial charge in [-0.05, 0) is 34.0 Å². The summed E-state index contributed by atoms with van der Waals surface area (Å²) in [5, 5.41) is 4.52. The number of hydrogen-bond donors (Lipinski definition) is 0. The zero-order chi connectivity index (χ0) is 11.4. The standard InChI is InChI=1S/C12H10ClNOS/c13-12-7-14-3-1-10(12)6-11(15)5-9-2-4-16-8-9/h1-4,7-8H,5-6H2. The molecular formula is C12H10ClNOS. The Balaban J connectivity index is 2.00. The molecule has 2 rings (SSSR count). The maximum absolute atomic E-state index is 11.8. The van der Waals surface area contributed by atoms with Crippen LogP contribution in [0.1, 0.15) is 11.1 Å². The first-order valence-corrected chi connectivity index (χ1v) is 6.19. The van der Waals surface area contributed by atoms with Gasteiger partial charge in [-0.1, -0.05) is 11.6 Å². The Hall–Kier alpha value is -1.19. The van der Waals surface area contributed by atoms with Gasteiger partial charge in [0.05, 0.1) is 5.02 Å². The lowest BCUT2D eigenvalue weighted by atomic mass is 10.1. The highest BCUT2D eigenvalue weighted by atomic mass is 35.5. The molecule has 2 nitrogen and oxygen atoms in total. The van der Waals surface area contributed by atoms with Crippen LogP contribution in [0.2, 0.25) is 5.02 Å². The first-order chi connectivity index (χ1) is 7.75. The van der Waals surface area contributed by atoms with Gasteiger partial charge < -0.3 is 0 Å². The molecule has 16 heavy (non-hydrogen) atoms. The molecule has 0 unspecified atom stereocenters. The third-order valence-corrected chi connectivity index (χ3v) is 3.30. The highest BCUT2D eigenvalue weighted by Crippen LogP contribution is 2.15. The average molecular weight is 252 g/mol. The van der Waals surface area contributed by atoms with Gasteiger partial charge in [0.2, 0.25) is 0 Å². The molecule has 2 aromatic rings. The van der Waals surface area contributed by atoms with Crippen molar-refractivity contribution in [3.8, 4) is 0 Å². The van der Waals surface area contributed by atoms with E-state index in [1.807, 2.05) is 16.8 Å². The minimum absolute atomic E-state index is 0.173. The number of thiophene rings is 1. The van der Waals surface area contributed by atoms with Crippen LogP contribution >= 0.6 is 22.9 Å². The Morgan fingerprint density at radius 2 is 2.25 bits per heavy atom. The van der Waals surface area contributed by atoms with E-state index in [0.29, 0.717) is 17.9 Å². The molecule has 0 radical (unpaired) electrons. The van der Waals surface area contributed by atoms with Gasteiger partial charge in [-0.2, -0.15) is 11.3 Å². The minimum atomic E-state index is 0.173. The molecule has 0 aliphatic rings. The Kier molecular flexibility index (Phi) is 3.70. The lowest BCUT2D eigenvalue weighted by Gasteiger charge is -2.01. The van der Waals surface area contributed by atoms with E-state index in [4.69, 9.17) is 11.6 Å². The van der Waals surface area contributed by atoms with Crippen LogP contribution in [0.3, 0.4) is 0 Å². The van der Waals surface area contributed by atoms with Crippen molar-refractivity contribution in [1.82, 2.24) is 4.98 Å². The second-order valence-corrected chi connectivity index (χ2v) is 4.68. The topological polar surface area (TPSA) is 30.0 Å². The first-order valence-electron chi connectivity index (χ1n) is 4.87. The summed E-state index contributed by atoms with van der Waals surface area (Å²) in [6.07, 6.45) is 4.06. The van der Waals surface area contributed by atoms with E-state index < -0.39 is 0 Å². The first kappa shape index (κ1) is 11.3. The van der Waals surface area contributed by atoms with Crippen LogP contribution < -0.4 is 0 Å². The number of halogens is 1. The van der Waals surface area contributed by atoms with Gasteiger partial charge >= 0.3 is 0 Å². The van der Waals surface area contributed by atoms with Crippen molar-refractivity contribution in [2.45, 2.75) is 12.8 Å². The van der Waals surface area contributed by atoms with Gasteiger partial charge in [0, 0.05) is 25.2 Å². The number of nitrogens with zero attached hydrogens (tertiary/aromatic N) is 1. The molecule has 0 atom stereocenters. The minimum Gasteiger partial charge on any atom is -0.299 e. The van der Waals surface area contributed by atoms with E-state index in [0.717, 1.165) is 11.1 Å². The molecule has 0 aromatic carbocycles. The number of pyridine rings is 1. The summed E-state index contributed by atoms with van der Waals surface area (Å²) in [5.74, 6) is 0.173. The summed E-state index contributed by atoms with van der Waals surface area (Å²) in [7, 11) is 0. The molecule has 0 saturated carbocycles. The SMILES string of the molecule is O=C(Cc1ccsc1)Cc1ccncc1Cl. The van der Waals surface area contributed by atoms with Crippen molar-refractivity contribution >= 4 is 28.7 Å². The second-order valence-electron chi connectivity index (χ2n) is 3.49. The number of carbonyl (C=O) groups is 1. The smallest absolute Gasteiger partial charge is 0.141 e. The Morgan fingerprint density at radius 3 is 2.94 bits per heavy atom. The maximum atomic E-state index is 11.8. The van der Waals surface area contributed by atoms with E-state index in [2.05, 4.69) is 4.98 Å². The van der Waals surface area contributed by atoms with Crippen molar-refractivity contribution in [3.63, 3.8) is 0 Å². The van der Waals surface area contributed by atoms with Crippen LogP contribution in [0.25, 0.3) is 0 Å². The number of carbonyl (C=O) groups excluding carboxylic acids is 1. The Morgan fingerprint density at radius 1 is 1.38 bits per heavy atom. The van der Waals surface area contributed by atoms with E-state index in [9.17, 15) is 4.79 Å². The number of ketones is 1. The summed E-state index contributed by atoms with van der Waals surface area (Å²) in [6.45, 7) is 0. The molecule has 0 aliphatic heterocycles. The predicted molar refractivity (Wildman–Crippen MR) is 66.0 cm³/mol. The number of rotatable bonds is 4. The summed E-state index contributed by atoms with van der Waals surface area (Å²) >= 11 is 7.54. The molecular weight excluding hydrogens is 242 g/mol. The maximum Gasteiger partial charge on any atom is 0.141 e. The largest absolute Gasteiger partial charge is 0.299 e. The molecule has 2 heterocycles. The lowest BCUT2D eigenvalue weighted by molar-refractivity contribution is -0.117. The van der Waals surface area contributed by atoms with Crippen molar-refractivity contribution in [1.29, 1.82) is 0 Å². The predicted octanol–water partition coefficient (Wildman–Crippen LogP) is 3.15. The third kappa shape index (κ3) is 2.90. The quantitative estimate of drug-likeness (QED) is 0.836. The molecule has 2 aromatic heterocycles. The summed E-state index contributed by atoms with van der Waals surface area (Å²) in [5.41, 5.74) is 1.91. The molecule has 82 valence electrons. The van der Waals surface area contributed by atoms with Crippen LogP contribution in [0.4, 0.5) is 0 Å². The molecule has 0 spiro atoms. The molecule has 0 aliphatic carbocycles. The fourth-order valence-corrected chi connectivity index (χ4v) is 2.30. The number of hydrogen-bond acceptors (Lipinski definition) is 3. The van der Waals surface area contributed by atoms with Crippen molar-refractivity contribution in [2.75, 3.05) is 0 Å². The molecule has 0 saturated heterocycles. The van der Waals surface area contributed by atoms with Gasteiger partial charge in [0.25, 0.3) is 0 Å². The van der Waals surface area contributed by atoms with Crippen LogP contribution in [-0.4, -0.2) is 10.8 Å². The fourth-order valence-electron chi connectivity index (χ4n) is 1.44. The van der Waals surface area contributed by atoms with Crippen LogP contribution in [0.5, 0.6) is 0 Å². The van der Waals surface area contributed by atoms with E-state index >= 15 is 0 Å². The summed E-state index contributed by atoms with van der Waals surface area (Å²) in [4.78, 5) is 15.6. The molecule has 4 heteroatoms. The van der Waals surface area contributed by atoms with Gasteiger partial charge in [-0.25, -0.2) is 0 Å². The van der Waals surface area contributed by atoms with E-state index in [1.165, 1.54) is 0 Å². The highest BCUT2D eigenvalue weighted by Gasteiger charge is 2.08. The molecule has 0 bridgehead atoms. The van der Waals surface area contributed by atoms with Gasteiger partial charge in [-0.15, -0.1) is 0 Å². The highest BCUT2D eigenvalue weighted by molar-refractivity contribution is 7.08. The normalized spacial score (nSPS) is 10.3. The van der Waals surface area contributed by atoms with Gasteiger partial charge in [0.15, 0.2) is 0 Å². The van der Waals surface area contributed by atoms with Crippen LogP contribution in [0.15, 0.2) is 35.3 Å². The van der Waals surface area contributed by atoms with Gasteiger partial charge in [-0.3, -0.25) is 9.78 Å². The average Bonchev–Trinajstić information content (AvgIpc) is 2.74. The van der Waals surface area contributed by atoms with Crippen molar-refractivity contribution in [3.05, 3.63) is 51.4 Å². The summed E-state index contributed by atoms with van der Waals surface area (Å²) < 4.78 is 0. The van der Waals surface area contributed by atoms with Crippen LogP contribution in [0, 0.1) is 0 Å². The fraction of sp³-hybridized carbons (Fsp3) is 0.167.